The highest BCUT2D eigenvalue weighted by molar-refractivity contribution is 9.10. The van der Waals surface area contributed by atoms with Crippen molar-refractivity contribution >= 4 is 53.3 Å². The molecule has 0 amide bonds. The maximum Gasteiger partial charge on any atom is 0.263 e. The molecule has 0 radical (unpaired) electrons. The van der Waals surface area contributed by atoms with E-state index in [1.54, 1.807) is 0 Å². The topological polar surface area (TPSA) is 72.2 Å². The molecule has 0 saturated carbocycles. The largest absolute Gasteiger partial charge is 0.399 e. The Balaban J connectivity index is 2.43. The van der Waals surface area contributed by atoms with Crippen molar-refractivity contribution in [2.45, 2.75) is 4.90 Å². The number of hydrogen-bond acceptors (Lipinski definition) is 3. The summed E-state index contributed by atoms with van der Waals surface area (Å²) in [6.07, 6.45) is 0. The number of benzene rings is 2. The molecule has 4 nitrogen and oxygen atoms in total. The fourth-order valence-electron chi connectivity index (χ4n) is 1.51. The lowest BCUT2D eigenvalue weighted by atomic mass is 10.3. The third-order valence-corrected chi connectivity index (χ3v) is 5.25. The Morgan fingerprint density at radius 2 is 1.80 bits per heavy atom. The zero-order valence-corrected chi connectivity index (χ0v) is 13.9. The first-order chi connectivity index (χ1) is 9.29. The molecule has 0 aliphatic rings. The van der Waals surface area contributed by atoms with E-state index >= 15 is 0 Å². The van der Waals surface area contributed by atoms with Gasteiger partial charge in [-0.25, -0.2) is 12.8 Å². The maximum atomic E-state index is 13.6. The summed E-state index contributed by atoms with van der Waals surface area (Å²) >= 11 is 6.28. The predicted octanol–water partition coefficient (Wildman–Crippen LogP) is 3.73. The van der Waals surface area contributed by atoms with E-state index in [1.807, 2.05) is 0 Å². The smallest absolute Gasteiger partial charge is 0.263 e. The lowest BCUT2D eigenvalue weighted by Gasteiger charge is -2.11. The first kappa shape index (κ1) is 15.3. The molecule has 0 aromatic heterocycles. The quantitative estimate of drug-likeness (QED) is 0.738. The number of halogens is 3. The molecule has 2 aromatic carbocycles. The normalized spacial score (nSPS) is 11.3. The number of sulfonamides is 1. The van der Waals surface area contributed by atoms with E-state index < -0.39 is 15.8 Å². The van der Waals surface area contributed by atoms with Crippen LogP contribution in [0.15, 0.2) is 50.2 Å². The van der Waals surface area contributed by atoms with E-state index in [4.69, 9.17) is 5.73 Å². The van der Waals surface area contributed by atoms with Crippen LogP contribution in [0.2, 0.25) is 0 Å². The molecule has 3 N–H and O–H groups in total. The number of nitrogens with two attached hydrogens (primary N) is 1. The predicted molar refractivity (Wildman–Crippen MR) is 83.5 cm³/mol. The number of nitrogen functional groups attached to an aromatic ring is 1. The van der Waals surface area contributed by atoms with Crippen LogP contribution < -0.4 is 10.5 Å². The molecule has 2 rings (SSSR count). The summed E-state index contributed by atoms with van der Waals surface area (Å²) in [5.74, 6) is -0.664. The van der Waals surface area contributed by atoms with E-state index in [2.05, 4.69) is 36.6 Å². The van der Waals surface area contributed by atoms with Crippen molar-refractivity contribution in [1.29, 1.82) is 0 Å². The number of nitrogens with one attached hydrogen (secondary N) is 1. The molecule has 0 aliphatic carbocycles. The van der Waals surface area contributed by atoms with Crippen LogP contribution in [0.25, 0.3) is 0 Å². The Hall–Kier alpha value is -1.12. The summed E-state index contributed by atoms with van der Waals surface area (Å²) in [7, 11) is -3.91. The van der Waals surface area contributed by atoms with Gasteiger partial charge >= 0.3 is 0 Å². The Morgan fingerprint density at radius 3 is 2.45 bits per heavy atom. The van der Waals surface area contributed by atoms with Crippen LogP contribution in [0.3, 0.4) is 0 Å². The van der Waals surface area contributed by atoms with Gasteiger partial charge in [-0.2, -0.15) is 0 Å². The minimum Gasteiger partial charge on any atom is -0.399 e. The SMILES string of the molecule is Nc1ccc(S(=O)(=O)Nc2cc(Br)ccc2F)c(Br)c1. The summed E-state index contributed by atoms with van der Waals surface area (Å²) in [6, 6.07) is 8.25. The van der Waals surface area contributed by atoms with Gasteiger partial charge in [-0.1, -0.05) is 15.9 Å². The summed E-state index contributed by atoms with van der Waals surface area (Å²) in [6.45, 7) is 0. The highest BCUT2D eigenvalue weighted by Crippen LogP contribution is 2.28. The molecule has 0 heterocycles. The average molecular weight is 424 g/mol. The minimum atomic E-state index is -3.91. The second kappa shape index (κ2) is 5.71. The Kier molecular flexibility index (Phi) is 4.36. The standard InChI is InChI=1S/C12H9Br2FN2O2S/c13-7-1-3-10(15)11(5-7)17-20(18,19)12-4-2-8(16)6-9(12)14/h1-6,17H,16H2. The van der Waals surface area contributed by atoms with Crippen molar-refractivity contribution in [1.82, 2.24) is 0 Å². The molecule has 2 aromatic rings. The van der Waals surface area contributed by atoms with Gasteiger partial charge < -0.3 is 5.73 Å². The van der Waals surface area contributed by atoms with Crippen LogP contribution in [-0.4, -0.2) is 8.42 Å². The van der Waals surface area contributed by atoms with Gasteiger partial charge in [-0.05, 0) is 52.3 Å². The third kappa shape index (κ3) is 3.31. The van der Waals surface area contributed by atoms with Gasteiger partial charge in [0.2, 0.25) is 0 Å². The van der Waals surface area contributed by atoms with E-state index in [1.165, 1.54) is 36.4 Å². The highest BCUT2D eigenvalue weighted by Gasteiger charge is 2.19. The lowest BCUT2D eigenvalue weighted by Crippen LogP contribution is -2.14. The van der Waals surface area contributed by atoms with Gasteiger partial charge in [0.05, 0.1) is 5.69 Å². The number of anilines is 2. The van der Waals surface area contributed by atoms with Gasteiger partial charge in [0.25, 0.3) is 10.0 Å². The fraction of sp³-hybridized carbons (Fsp3) is 0. The van der Waals surface area contributed by atoms with Gasteiger partial charge in [0.1, 0.15) is 10.7 Å². The Bertz CT molecular complexity index is 766. The molecule has 106 valence electrons. The van der Waals surface area contributed by atoms with Crippen LogP contribution in [0.1, 0.15) is 0 Å². The molecule has 0 unspecified atom stereocenters. The number of hydrogen-bond donors (Lipinski definition) is 2. The molecule has 20 heavy (non-hydrogen) atoms. The molecule has 8 heteroatoms. The molecule has 0 spiro atoms. The second-order valence-corrected chi connectivity index (χ2v) is 7.34. The van der Waals surface area contributed by atoms with E-state index in [0.717, 1.165) is 0 Å². The number of rotatable bonds is 3. The van der Waals surface area contributed by atoms with Gasteiger partial charge in [0.15, 0.2) is 0 Å². The highest BCUT2D eigenvalue weighted by atomic mass is 79.9. The first-order valence-electron chi connectivity index (χ1n) is 5.32. The summed E-state index contributed by atoms with van der Waals surface area (Å²) < 4.78 is 41.1. The monoisotopic (exact) mass is 422 g/mol. The molecule has 0 fully saturated rings. The van der Waals surface area contributed by atoms with Crippen molar-refractivity contribution in [3.63, 3.8) is 0 Å². The third-order valence-electron chi connectivity index (χ3n) is 2.42. The van der Waals surface area contributed by atoms with Crippen LogP contribution in [-0.2, 0) is 10.0 Å². The Labute approximate surface area is 132 Å². The van der Waals surface area contributed by atoms with E-state index in [0.29, 0.717) is 14.6 Å². The molecule has 0 bridgehead atoms. The van der Waals surface area contributed by atoms with Crippen LogP contribution >= 0.6 is 31.9 Å². The maximum absolute atomic E-state index is 13.6. The van der Waals surface area contributed by atoms with Crippen LogP contribution in [0.4, 0.5) is 15.8 Å². The molecule has 0 atom stereocenters. The van der Waals surface area contributed by atoms with Gasteiger partial charge in [-0.15, -0.1) is 0 Å². The molecular formula is C12H9Br2FN2O2S. The molecule has 0 saturated heterocycles. The van der Waals surface area contributed by atoms with Crippen molar-refractivity contribution in [2.24, 2.45) is 0 Å². The Morgan fingerprint density at radius 1 is 1.10 bits per heavy atom. The lowest BCUT2D eigenvalue weighted by molar-refractivity contribution is 0.598. The van der Waals surface area contributed by atoms with Gasteiger partial charge in [-0.3, -0.25) is 4.72 Å². The van der Waals surface area contributed by atoms with Gasteiger partial charge in [0, 0.05) is 14.6 Å². The van der Waals surface area contributed by atoms with Crippen molar-refractivity contribution in [3.8, 4) is 0 Å². The average Bonchev–Trinajstić information content (AvgIpc) is 2.33. The summed E-state index contributed by atoms with van der Waals surface area (Å²) in [5, 5.41) is 0. The van der Waals surface area contributed by atoms with Crippen molar-refractivity contribution in [3.05, 3.63) is 51.2 Å². The minimum absolute atomic E-state index is 0.0222. The van der Waals surface area contributed by atoms with Crippen LogP contribution in [0.5, 0.6) is 0 Å². The zero-order valence-electron chi connectivity index (χ0n) is 9.90. The summed E-state index contributed by atoms with van der Waals surface area (Å²) in [5.41, 5.74) is 5.84. The fourth-order valence-corrected chi connectivity index (χ4v) is 4.03. The van der Waals surface area contributed by atoms with Crippen molar-refractivity contribution in [2.75, 3.05) is 10.5 Å². The van der Waals surface area contributed by atoms with E-state index in [-0.39, 0.29) is 10.6 Å². The first-order valence-corrected chi connectivity index (χ1v) is 8.39. The van der Waals surface area contributed by atoms with Crippen LogP contribution in [0, 0.1) is 5.82 Å². The van der Waals surface area contributed by atoms with E-state index in [9.17, 15) is 12.8 Å². The second-order valence-electron chi connectivity index (χ2n) is 3.92. The zero-order chi connectivity index (χ0) is 14.9. The summed E-state index contributed by atoms with van der Waals surface area (Å²) in [4.78, 5) is -0.0222. The molecule has 0 aliphatic heterocycles. The van der Waals surface area contributed by atoms with Crippen molar-refractivity contribution < 1.29 is 12.8 Å². The molecular weight excluding hydrogens is 415 g/mol.